The fourth-order valence-corrected chi connectivity index (χ4v) is 4.46. The minimum absolute atomic E-state index is 0.00417. The summed E-state index contributed by atoms with van der Waals surface area (Å²) in [7, 11) is 0. The Morgan fingerprint density at radius 3 is 2.76 bits per heavy atom. The third kappa shape index (κ3) is 5.16. The standard InChI is InChI=1S/C22H26N2O4S/c25-21(16-8-10-24(11-9-16)22(26)20-7-3-13-29-20)23-17-4-1-5-18(14-17)28-15-19-6-2-12-27-19/h1,3-5,7,13-14,16,19H,2,6,8-12,15H2,(H,23,25)/t19-/m0/s1. The molecule has 2 saturated heterocycles. The summed E-state index contributed by atoms with van der Waals surface area (Å²) in [6.45, 7) is 2.56. The first-order valence-electron chi connectivity index (χ1n) is 10.2. The van der Waals surface area contributed by atoms with Crippen LogP contribution in [-0.2, 0) is 9.53 Å². The maximum atomic E-state index is 12.7. The van der Waals surface area contributed by atoms with Crippen molar-refractivity contribution in [3.8, 4) is 5.75 Å². The largest absolute Gasteiger partial charge is 0.491 e. The highest BCUT2D eigenvalue weighted by Gasteiger charge is 2.28. The fraction of sp³-hybridized carbons (Fsp3) is 0.455. The van der Waals surface area contributed by atoms with Crippen molar-refractivity contribution in [1.82, 2.24) is 4.90 Å². The van der Waals surface area contributed by atoms with E-state index in [4.69, 9.17) is 9.47 Å². The van der Waals surface area contributed by atoms with Crippen LogP contribution in [-0.4, -0.2) is 49.1 Å². The Bertz CT molecular complexity index is 825. The van der Waals surface area contributed by atoms with Crippen molar-refractivity contribution in [2.45, 2.75) is 31.8 Å². The van der Waals surface area contributed by atoms with Gasteiger partial charge in [0.05, 0.1) is 11.0 Å². The summed E-state index contributed by atoms with van der Waals surface area (Å²) in [5.41, 5.74) is 0.733. The van der Waals surface area contributed by atoms with E-state index in [1.807, 2.05) is 46.7 Å². The number of carbonyl (C=O) groups excluding carboxylic acids is 2. The minimum atomic E-state index is -0.0844. The van der Waals surface area contributed by atoms with E-state index in [9.17, 15) is 9.59 Å². The maximum absolute atomic E-state index is 12.7. The number of carbonyl (C=O) groups is 2. The number of piperidine rings is 1. The van der Waals surface area contributed by atoms with Gasteiger partial charge >= 0.3 is 0 Å². The molecule has 0 radical (unpaired) electrons. The fourth-order valence-electron chi connectivity index (χ4n) is 3.77. The van der Waals surface area contributed by atoms with Crippen molar-refractivity contribution in [3.05, 3.63) is 46.7 Å². The lowest BCUT2D eigenvalue weighted by atomic mass is 9.95. The van der Waals surface area contributed by atoms with Gasteiger partial charge in [-0.2, -0.15) is 0 Å². The number of ether oxygens (including phenoxy) is 2. The summed E-state index contributed by atoms with van der Waals surface area (Å²) in [5.74, 6) is 0.716. The molecule has 0 unspecified atom stereocenters. The first-order valence-corrected chi connectivity index (χ1v) is 11.0. The molecule has 4 rings (SSSR count). The third-order valence-corrected chi connectivity index (χ3v) is 6.30. The van der Waals surface area contributed by atoms with Gasteiger partial charge in [0.2, 0.25) is 5.91 Å². The molecular formula is C22H26N2O4S. The molecule has 6 nitrogen and oxygen atoms in total. The lowest BCUT2D eigenvalue weighted by molar-refractivity contribution is -0.121. The summed E-state index contributed by atoms with van der Waals surface area (Å²) in [6.07, 6.45) is 3.64. The average molecular weight is 415 g/mol. The van der Waals surface area contributed by atoms with Gasteiger partial charge in [0, 0.05) is 37.4 Å². The zero-order valence-corrected chi connectivity index (χ0v) is 17.2. The Kier molecular flexibility index (Phi) is 6.46. The van der Waals surface area contributed by atoms with Crippen LogP contribution in [0.1, 0.15) is 35.4 Å². The molecule has 2 aliphatic heterocycles. The molecule has 0 bridgehead atoms. The molecule has 0 saturated carbocycles. The van der Waals surface area contributed by atoms with Gasteiger partial charge in [-0.3, -0.25) is 9.59 Å². The number of nitrogens with zero attached hydrogens (tertiary/aromatic N) is 1. The van der Waals surface area contributed by atoms with Gasteiger partial charge in [-0.15, -0.1) is 11.3 Å². The van der Waals surface area contributed by atoms with Crippen LogP contribution in [0.3, 0.4) is 0 Å². The van der Waals surface area contributed by atoms with Gasteiger partial charge in [0.25, 0.3) is 5.91 Å². The Labute approximate surface area is 174 Å². The zero-order chi connectivity index (χ0) is 20.1. The number of anilines is 1. The summed E-state index contributed by atoms with van der Waals surface area (Å²) in [6, 6.07) is 11.2. The number of thiophene rings is 1. The van der Waals surface area contributed by atoms with E-state index in [0.717, 1.165) is 35.8 Å². The number of nitrogens with one attached hydrogen (secondary N) is 1. The molecule has 29 heavy (non-hydrogen) atoms. The van der Waals surface area contributed by atoms with Crippen LogP contribution in [0.5, 0.6) is 5.75 Å². The highest BCUT2D eigenvalue weighted by molar-refractivity contribution is 7.12. The van der Waals surface area contributed by atoms with E-state index < -0.39 is 0 Å². The molecule has 0 aliphatic carbocycles. The Morgan fingerprint density at radius 2 is 2.03 bits per heavy atom. The summed E-state index contributed by atoms with van der Waals surface area (Å²) in [5, 5.41) is 4.91. The molecule has 2 aliphatic rings. The van der Waals surface area contributed by atoms with Crippen LogP contribution >= 0.6 is 11.3 Å². The van der Waals surface area contributed by atoms with Gasteiger partial charge in [0.1, 0.15) is 12.4 Å². The van der Waals surface area contributed by atoms with E-state index in [2.05, 4.69) is 5.32 Å². The molecular weight excluding hydrogens is 388 g/mol. The normalized spacial score (nSPS) is 19.9. The maximum Gasteiger partial charge on any atom is 0.263 e. The smallest absolute Gasteiger partial charge is 0.263 e. The number of hydrogen-bond donors (Lipinski definition) is 1. The van der Waals surface area contributed by atoms with Gasteiger partial charge < -0.3 is 19.7 Å². The lowest BCUT2D eigenvalue weighted by Crippen LogP contribution is -2.41. The van der Waals surface area contributed by atoms with Crippen molar-refractivity contribution in [3.63, 3.8) is 0 Å². The van der Waals surface area contributed by atoms with Crippen molar-refractivity contribution in [2.24, 2.45) is 5.92 Å². The summed E-state index contributed by atoms with van der Waals surface area (Å²) in [4.78, 5) is 27.7. The van der Waals surface area contributed by atoms with E-state index in [-0.39, 0.29) is 23.8 Å². The van der Waals surface area contributed by atoms with Crippen LogP contribution in [0.4, 0.5) is 5.69 Å². The minimum Gasteiger partial charge on any atom is -0.491 e. The lowest BCUT2D eigenvalue weighted by Gasteiger charge is -2.31. The third-order valence-electron chi connectivity index (χ3n) is 5.45. The monoisotopic (exact) mass is 414 g/mol. The molecule has 1 aromatic heterocycles. The molecule has 2 fully saturated rings. The number of rotatable bonds is 6. The second kappa shape index (κ2) is 9.41. The van der Waals surface area contributed by atoms with Gasteiger partial charge in [-0.1, -0.05) is 12.1 Å². The quantitative estimate of drug-likeness (QED) is 0.781. The highest BCUT2D eigenvalue weighted by atomic mass is 32.1. The molecule has 3 heterocycles. The van der Waals surface area contributed by atoms with Crippen LogP contribution in [0.25, 0.3) is 0 Å². The molecule has 1 N–H and O–H groups in total. The molecule has 0 spiro atoms. The summed E-state index contributed by atoms with van der Waals surface area (Å²) < 4.78 is 11.4. The Hall–Kier alpha value is -2.38. The topological polar surface area (TPSA) is 67.9 Å². The van der Waals surface area contributed by atoms with Crippen LogP contribution < -0.4 is 10.1 Å². The highest BCUT2D eigenvalue weighted by Crippen LogP contribution is 2.24. The number of hydrogen-bond acceptors (Lipinski definition) is 5. The van der Waals surface area contributed by atoms with Crippen LogP contribution in [0.2, 0.25) is 0 Å². The second-order valence-corrected chi connectivity index (χ2v) is 8.45. The van der Waals surface area contributed by atoms with Gasteiger partial charge in [-0.05, 0) is 49.3 Å². The molecule has 2 amide bonds. The Balaban J connectivity index is 1.26. The van der Waals surface area contributed by atoms with E-state index >= 15 is 0 Å². The van der Waals surface area contributed by atoms with Crippen molar-refractivity contribution in [1.29, 1.82) is 0 Å². The first-order chi connectivity index (χ1) is 14.2. The predicted molar refractivity (Wildman–Crippen MR) is 112 cm³/mol. The van der Waals surface area contributed by atoms with E-state index in [0.29, 0.717) is 32.5 Å². The van der Waals surface area contributed by atoms with Crippen LogP contribution in [0, 0.1) is 5.92 Å². The van der Waals surface area contributed by atoms with Gasteiger partial charge in [0.15, 0.2) is 0 Å². The summed E-state index contributed by atoms with van der Waals surface area (Å²) >= 11 is 1.46. The average Bonchev–Trinajstić information content (AvgIpc) is 3.46. The number of likely N-dealkylation sites (tertiary alicyclic amines) is 1. The van der Waals surface area contributed by atoms with Crippen molar-refractivity contribution >= 4 is 28.8 Å². The van der Waals surface area contributed by atoms with Crippen LogP contribution in [0.15, 0.2) is 41.8 Å². The molecule has 7 heteroatoms. The second-order valence-electron chi connectivity index (χ2n) is 7.51. The first kappa shape index (κ1) is 19.9. The van der Waals surface area contributed by atoms with E-state index in [1.54, 1.807) is 0 Å². The van der Waals surface area contributed by atoms with Gasteiger partial charge in [-0.25, -0.2) is 0 Å². The number of amides is 2. The Morgan fingerprint density at radius 1 is 1.17 bits per heavy atom. The van der Waals surface area contributed by atoms with Crippen molar-refractivity contribution < 1.29 is 19.1 Å². The molecule has 154 valence electrons. The molecule has 1 atom stereocenters. The zero-order valence-electron chi connectivity index (χ0n) is 16.3. The molecule has 2 aromatic rings. The van der Waals surface area contributed by atoms with Crippen molar-refractivity contribution in [2.75, 3.05) is 31.6 Å². The van der Waals surface area contributed by atoms with E-state index in [1.165, 1.54) is 11.3 Å². The number of benzene rings is 1. The predicted octanol–water partition coefficient (Wildman–Crippen LogP) is 3.80. The molecule has 1 aromatic carbocycles. The SMILES string of the molecule is O=C(Nc1cccc(OC[C@@H]2CCCO2)c1)C1CCN(C(=O)c2cccs2)CC1.